The van der Waals surface area contributed by atoms with Gasteiger partial charge in [-0.15, -0.1) is 0 Å². The lowest BCUT2D eigenvalue weighted by atomic mass is 9.87. The van der Waals surface area contributed by atoms with Crippen molar-refractivity contribution in [1.29, 1.82) is 10.7 Å². The van der Waals surface area contributed by atoms with E-state index in [0.29, 0.717) is 28.4 Å². The Morgan fingerprint density at radius 1 is 1.15 bits per heavy atom. The van der Waals surface area contributed by atoms with Crippen LogP contribution in [0.4, 0.5) is 11.5 Å². The highest BCUT2D eigenvalue weighted by atomic mass is 32.2. The van der Waals surface area contributed by atoms with E-state index in [1.165, 1.54) is 0 Å². The molecule has 0 fully saturated rings. The number of hydrogen-bond acceptors (Lipinski definition) is 8. The standard InChI is InChI=1S/C25H27N5O2S/c1-16(2)31-19-7-10-22(27)21(14-19)24(28)17-11-12-29-23(13-17)30-32-33-20-8-5-18(6-9-20)25(3,4)15-26/h5-14,16,28H,27H2,1-4H3,(H,29,30). The number of benzene rings is 2. The van der Waals surface area contributed by atoms with E-state index in [-0.39, 0.29) is 11.8 Å². The predicted molar refractivity (Wildman–Crippen MR) is 132 cm³/mol. The fourth-order valence-corrected chi connectivity index (χ4v) is 3.47. The van der Waals surface area contributed by atoms with Crippen LogP contribution in [0.3, 0.4) is 0 Å². The van der Waals surface area contributed by atoms with Gasteiger partial charge in [0.25, 0.3) is 0 Å². The largest absolute Gasteiger partial charge is 0.491 e. The molecule has 0 bridgehead atoms. The first-order chi connectivity index (χ1) is 15.7. The normalized spacial score (nSPS) is 11.2. The predicted octanol–water partition coefficient (Wildman–Crippen LogP) is 5.72. The first-order valence-electron chi connectivity index (χ1n) is 10.4. The fraction of sp³-hybridized carbons (Fsp3) is 0.240. The Bertz CT molecular complexity index is 1170. The smallest absolute Gasteiger partial charge is 0.151 e. The Labute approximate surface area is 198 Å². The summed E-state index contributed by atoms with van der Waals surface area (Å²) in [5.41, 5.74) is 11.3. The molecule has 0 amide bonds. The van der Waals surface area contributed by atoms with Crippen molar-refractivity contribution < 1.29 is 9.02 Å². The summed E-state index contributed by atoms with van der Waals surface area (Å²) in [6.07, 6.45) is 1.62. The number of nitrogen functional groups attached to an aromatic ring is 1. The molecule has 4 N–H and O–H groups in total. The number of nitrogens with one attached hydrogen (secondary N) is 2. The van der Waals surface area contributed by atoms with Gasteiger partial charge >= 0.3 is 0 Å². The van der Waals surface area contributed by atoms with E-state index in [9.17, 15) is 5.26 Å². The average Bonchev–Trinajstić information content (AvgIpc) is 2.80. The summed E-state index contributed by atoms with van der Waals surface area (Å²) in [6, 6.07) is 18.7. The number of nitrogens with zero attached hydrogens (tertiary/aromatic N) is 2. The molecule has 1 heterocycles. The number of aromatic nitrogens is 1. The van der Waals surface area contributed by atoms with Crippen LogP contribution >= 0.6 is 12.0 Å². The van der Waals surface area contributed by atoms with E-state index in [0.717, 1.165) is 22.5 Å². The molecule has 170 valence electrons. The van der Waals surface area contributed by atoms with Gasteiger partial charge in [0, 0.05) is 27.9 Å². The second-order valence-corrected chi connectivity index (χ2v) is 9.06. The summed E-state index contributed by atoms with van der Waals surface area (Å²) in [4.78, 5) is 5.12. The molecule has 0 saturated heterocycles. The van der Waals surface area contributed by atoms with Crippen LogP contribution in [0.1, 0.15) is 44.4 Å². The molecular weight excluding hydrogens is 434 g/mol. The van der Waals surface area contributed by atoms with Gasteiger partial charge in [0.15, 0.2) is 5.82 Å². The molecule has 0 aliphatic heterocycles. The van der Waals surface area contributed by atoms with Gasteiger partial charge in [0.2, 0.25) is 0 Å². The number of ether oxygens (including phenoxy) is 1. The summed E-state index contributed by atoms with van der Waals surface area (Å²) < 4.78 is 11.2. The van der Waals surface area contributed by atoms with Crippen LogP contribution in [0.15, 0.2) is 65.7 Å². The third-order valence-corrected chi connectivity index (χ3v) is 5.49. The SMILES string of the molecule is CC(C)Oc1ccc(N)c(C(=N)c2ccnc(NOSc3ccc(C(C)(C)C#N)cc3)c2)c1. The van der Waals surface area contributed by atoms with Gasteiger partial charge in [-0.1, -0.05) is 12.1 Å². The highest BCUT2D eigenvalue weighted by molar-refractivity contribution is 7.94. The minimum absolute atomic E-state index is 0.0241. The maximum Gasteiger partial charge on any atom is 0.151 e. The maximum absolute atomic E-state index is 9.26. The molecule has 1 aromatic heterocycles. The molecule has 0 aliphatic carbocycles. The highest BCUT2D eigenvalue weighted by Gasteiger charge is 2.19. The van der Waals surface area contributed by atoms with Crippen LogP contribution in [-0.4, -0.2) is 16.8 Å². The summed E-state index contributed by atoms with van der Waals surface area (Å²) >= 11 is 1.14. The van der Waals surface area contributed by atoms with Crippen molar-refractivity contribution >= 4 is 29.3 Å². The lowest BCUT2D eigenvalue weighted by Crippen LogP contribution is -2.13. The third kappa shape index (κ3) is 6.25. The molecule has 3 rings (SSSR count). The molecule has 33 heavy (non-hydrogen) atoms. The van der Waals surface area contributed by atoms with Crippen molar-refractivity contribution in [2.24, 2.45) is 0 Å². The molecule has 0 atom stereocenters. The molecule has 8 heteroatoms. The van der Waals surface area contributed by atoms with E-state index in [4.69, 9.17) is 20.2 Å². The molecule has 0 saturated carbocycles. The lowest BCUT2D eigenvalue weighted by Gasteiger charge is -2.15. The van der Waals surface area contributed by atoms with Crippen molar-refractivity contribution in [2.75, 3.05) is 11.2 Å². The number of pyridine rings is 1. The zero-order chi connectivity index (χ0) is 24.0. The highest BCUT2D eigenvalue weighted by Crippen LogP contribution is 2.27. The van der Waals surface area contributed by atoms with Gasteiger partial charge < -0.3 is 10.5 Å². The Morgan fingerprint density at radius 3 is 2.55 bits per heavy atom. The van der Waals surface area contributed by atoms with E-state index in [1.54, 1.807) is 36.5 Å². The number of anilines is 2. The van der Waals surface area contributed by atoms with Gasteiger partial charge in [0.1, 0.15) is 5.75 Å². The number of nitriles is 1. The second kappa shape index (κ2) is 10.4. The number of nitrogens with two attached hydrogens (primary N) is 1. The number of hydrogen-bond donors (Lipinski definition) is 3. The molecule has 7 nitrogen and oxygen atoms in total. The fourth-order valence-electron chi connectivity index (χ4n) is 3.00. The minimum Gasteiger partial charge on any atom is -0.491 e. The maximum atomic E-state index is 9.26. The van der Waals surface area contributed by atoms with Crippen LogP contribution in [-0.2, 0) is 9.70 Å². The Kier molecular flexibility index (Phi) is 7.59. The first-order valence-corrected chi connectivity index (χ1v) is 11.2. The topological polar surface area (TPSA) is 117 Å². The third-order valence-electron chi connectivity index (χ3n) is 4.85. The molecule has 0 spiro atoms. The zero-order valence-corrected chi connectivity index (χ0v) is 19.9. The van der Waals surface area contributed by atoms with Gasteiger partial charge in [-0.25, -0.2) is 10.5 Å². The molecule has 2 aromatic carbocycles. The average molecular weight is 462 g/mol. The van der Waals surface area contributed by atoms with E-state index >= 15 is 0 Å². The molecule has 0 radical (unpaired) electrons. The molecule has 3 aromatic rings. The van der Waals surface area contributed by atoms with Gasteiger partial charge in [-0.2, -0.15) is 9.55 Å². The summed E-state index contributed by atoms with van der Waals surface area (Å²) in [6.45, 7) is 7.65. The van der Waals surface area contributed by atoms with Crippen molar-refractivity contribution in [3.63, 3.8) is 0 Å². The van der Waals surface area contributed by atoms with Crippen LogP contribution in [0, 0.1) is 16.7 Å². The molecule has 0 unspecified atom stereocenters. The quantitative estimate of drug-likeness (QED) is 0.161. The van der Waals surface area contributed by atoms with Crippen LogP contribution in [0.2, 0.25) is 0 Å². The second-order valence-electron chi connectivity index (χ2n) is 8.25. The zero-order valence-electron chi connectivity index (χ0n) is 19.0. The monoisotopic (exact) mass is 461 g/mol. The van der Waals surface area contributed by atoms with Gasteiger partial charge in [0.05, 0.1) is 35.3 Å². The summed E-state index contributed by atoms with van der Waals surface area (Å²) in [5, 5.41) is 17.9. The van der Waals surface area contributed by atoms with Crippen molar-refractivity contribution in [3.8, 4) is 11.8 Å². The van der Waals surface area contributed by atoms with Crippen molar-refractivity contribution in [1.82, 2.24) is 4.98 Å². The Morgan fingerprint density at radius 2 is 1.88 bits per heavy atom. The van der Waals surface area contributed by atoms with Crippen LogP contribution < -0.4 is 16.0 Å². The van der Waals surface area contributed by atoms with Crippen LogP contribution in [0.5, 0.6) is 5.75 Å². The molecular formula is C25H27N5O2S. The van der Waals surface area contributed by atoms with Crippen molar-refractivity contribution in [2.45, 2.75) is 44.1 Å². The van der Waals surface area contributed by atoms with Crippen molar-refractivity contribution in [3.05, 3.63) is 77.5 Å². The first kappa shape index (κ1) is 24.1. The summed E-state index contributed by atoms with van der Waals surface area (Å²) in [7, 11) is 0. The van der Waals surface area contributed by atoms with E-state index in [2.05, 4.69) is 16.5 Å². The lowest BCUT2D eigenvalue weighted by molar-refractivity contribution is 0.242. The Hall–Kier alpha value is -3.54. The Balaban J connectivity index is 1.66. The van der Waals surface area contributed by atoms with Gasteiger partial charge in [-0.3, -0.25) is 5.41 Å². The minimum atomic E-state index is -0.541. The van der Waals surface area contributed by atoms with E-state index < -0.39 is 5.41 Å². The number of rotatable bonds is 9. The molecule has 0 aliphatic rings. The van der Waals surface area contributed by atoms with E-state index in [1.807, 2.05) is 52.0 Å². The summed E-state index contributed by atoms with van der Waals surface area (Å²) in [5.74, 6) is 1.12. The van der Waals surface area contributed by atoms with Gasteiger partial charge in [-0.05, 0) is 75.7 Å². The van der Waals surface area contributed by atoms with Crippen LogP contribution in [0.25, 0.3) is 0 Å².